The molecule has 9 heteroatoms. The first-order chi connectivity index (χ1) is 9.19. The van der Waals surface area contributed by atoms with Gasteiger partial charge in [0, 0.05) is 19.2 Å². The zero-order valence-electron chi connectivity index (χ0n) is 11.2. The van der Waals surface area contributed by atoms with E-state index in [9.17, 15) is 18.5 Å². The summed E-state index contributed by atoms with van der Waals surface area (Å²) < 4.78 is 31.6. The second-order valence-corrected chi connectivity index (χ2v) is 6.39. The van der Waals surface area contributed by atoms with Crippen LogP contribution in [0.3, 0.4) is 0 Å². The van der Waals surface area contributed by atoms with Crippen LogP contribution in [0.1, 0.15) is 12.5 Å². The Morgan fingerprint density at radius 2 is 2.10 bits per heavy atom. The number of benzene rings is 1. The molecule has 0 bridgehead atoms. The van der Waals surface area contributed by atoms with E-state index in [0.29, 0.717) is 5.56 Å². The van der Waals surface area contributed by atoms with E-state index in [4.69, 9.17) is 16.3 Å². The SMILES string of the molecule is COCC(C)NS(=O)(=O)c1cc([N+](=O)[O-])c(Cl)cc1C. The quantitative estimate of drug-likeness (QED) is 0.636. The molecule has 1 aromatic rings. The first-order valence-corrected chi connectivity index (χ1v) is 7.51. The number of hydrogen-bond acceptors (Lipinski definition) is 5. The molecule has 0 aliphatic rings. The smallest absolute Gasteiger partial charge is 0.289 e. The number of nitrogens with zero attached hydrogens (tertiary/aromatic N) is 1. The van der Waals surface area contributed by atoms with Crippen LogP contribution < -0.4 is 4.72 Å². The van der Waals surface area contributed by atoms with Gasteiger partial charge in [-0.1, -0.05) is 11.6 Å². The highest BCUT2D eigenvalue weighted by atomic mass is 35.5. The highest BCUT2D eigenvalue weighted by Crippen LogP contribution is 2.30. The lowest BCUT2D eigenvalue weighted by atomic mass is 10.2. The Morgan fingerprint density at radius 1 is 1.50 bits per heavy atom. The van der Waals surface area contributed by atoms with E-state index in [-0.39, 0.29) is 16.5 Å². The maximum Gasteiger partial charge on any atom is 0.289 e. The monoisotopic (exact) mass is 322 g/mol. The predicted octanol–water partition coefficient (Wildman–Crippen LogP) is 1.87. The Morgan fingerprint density at radius 3 is 2.60 bits per heavy atom. The Hall–Kier alpha value is -1.22. The van der Waals surface area contributed by atoms with Crippen molar-refractivity contribution in [1.82, 2.24) is 4.72 Å². The molecule has 0 aliphatic carbocycles. The Kier molecular flexibility index (Phi) is 5.46. The molecule has 0 amide bonds. The first-order valence-electron chi connectivity index (χ1n) is 5.65. The van der Waals surface area contributed by atoms with Gasteiger partial charge in [0.25, 0.3) is 5.69 Å². The summed E-state index contributed by atoms with van der Waals surface area (Å²) in [6, 6.07) is 1.76. The van der Waals surface area contributed by atoms with Gasteiger partial charge in [-0.05, 0) is 25.5 Å². The molecule has 0 heterocycles. The normalized spacial score (nSPS) is 13.2. The highest BCUT2D eigenvalue weighted by molar-refractivity contribution is 7.89. The first kappa shape index (κ1) is 16.8. The fourth-order valence-electron chi connectivity index (χ4n) is 1.68. The topological polar surface area (TPSA) is 98.5 Å². The third kappa shape index (κ3) is 3.89. The molecule has 0 saturated carbocycles. The number of nitro groups is 1. The summed E-state index contributed by atoms with van der Waals surface area (Å²) in [5.41, 5.74) is -0.116. The van der Waals surface area contributed by atoms with Gasteiger partial charge in [-0.15, -0.1) is 0 Å². The average Bonchev–Trinajstić information content (AvgIpc) is 2.27. The maximum absolute atomic E-state index is 12.2. The van der Waals surface area contributed by atoms with Crippen LogP contribution in [0.25, 0.3) is 0 Å². The van der Waals surface area contributed by atoms with Gasteiger partial charge in [0.05, 0.1) is 16.4 Å². The van der Waals surface area contributed by atoms with E-state index in [0.717, 1.165) is 6.07 Å². The number of ether oxygens (including phenoxy) is 1. The van der Waals surface area contributed by atoms with Gasteiger partial charge < -0.3 is 4.74 Å². The molecule has 0 aliphatic heterocycles. The molecule has 1 rings (SSSR count). The lowest BCUT2D eigenvalue weighted by Gasteiger charge is -2.14. The number of sulfonamides is 1. The second-order valence-electron chi connectivity index (χ2n) is 4.30. The fourth-order valence-corrected chi connectivity index (χ4v) is 3.45. The Bertz CT molecular complexity index is 617. The van der Waals surface area contributed by atoms with Crippen molar-refractivity contribution in [3.63, 3.8) is 0 Å². The van der Waals surface area contributed by atoms with E-state index in [1.54, 1.807) is 6.92 Å². The second kappa shape index (κ2) is 6.49. The van der Waals surface area contributed by atoms with Crippen molar-refractivity contribution >= 4 is 27.3 Å². The van der Waals surface area contributed by atoms with Gasteiger partial charge in [-0.25, -0.2) is 13.1 Å². The molecule has 1 atom stereocenters. The predicted molar refractivity (Wildman–Crippen MR) is 74.5 cm³/mol. The summed E-state index contributed by atoms with van der Waals surface area (Å²) in [4.78, 5) is 9.93. The minimum Gasteiger partial charge on any atom is -0.383 e. The zero-order chi connectivity index (χ0) is 15.5. The number of halogens is 1. The van der Waals surface area contributed by atoms with Crippen molar-refractivity contribution in [2.45, 2.75) is 24.8 Å². The van der Waals surface area contributed by atoms with Crippen LogP contribution in [0.4, 0.5) is 5.69 Å². The van der Waals surface area contributed by atoms with E-state index < -0.39 is 26.7 Å². The lowest BCUT2D eigenvalue weighted by molar-refractivity contribution is -0.384. The van der Waals surface area contributed by atoms with E-state index in [2.05, 4.69) is 4.72 Å². The van der Waals surface area contributed by atoms with Crippen LogP contribution in [0.5, 0.6) is 0 Å². The lowest BCUT2D eigenvalue weighted by Crippen LogP contribution is -2.35. The third-order valence-corrected chi connectivity index (χ3v) is 4.54. The summed E-state index contributed by atoms with van der Waals surface area (Å²) in [6.45, 7) is 3.33. The molecule has 1 N–H and O–H groups in total. The molecule has 0 fully saturated rings. The van der Waals surface area contributed by atoms with Crippen molar-refractivity contribution in [3.8, 4) is 0 Å². The number of aryl methyl sites for hydroxylation is 1. The highest BCUT2D eigenvalue weighted by Gasteiger charge is 2.24. The Labute approximate surface area is 122 Å². The molecule has 112 valence electrons. The molecular formula is C11H15ClN2O5S. The van der Waals surface area contributed by atoms with E-state index in [1.807, 2.05) is 0 Å². The van der Waals surface area contributed by atoms with Crippen LogP contribution in [0.2, 0.25) is 5.02 Å². The number of methoxy groups -OCH3 is 1. The summed E-state index contributed by atoms with van der Waals surface area (Å²) in [6.07, 6.45) is 0. The number of nitro benzene ring substituents is 1. The third-order valence-electron chi connectivity index (χ3n) is 2.50. The molecule has 0 aromatic heterocycles. The van der Waals surface area contributed by atoms with Crippen LogP contribution in [-0.4, -0.2) is 33.1 Å². The van der Waals surface area contributed by atoms with Crippen molar-refractivity contribution in [2.75, 3.05) is 13.7 Å². The Balaban J connectivity index is 3.24. The average molecular weight is 323 g/mol. The minimum absolute atomic E-state index is 0.101. The number of nitrogens with one attached hydrogen (secondary N) is 1. The molecule has 0 radical (unpaired) electrons. The molecule has 20 heavy (non-hydrogen) atoms. The van der Waals surface area contributed by atoms with Gasteiger partial charge >= 0.3 is 0 Å². The fraction of sp³-hybridized carbons (Fsp3) is 0.455. The summed E-state index contributed by atoms with van der Waals surface area (Å²) in [5, 5.41) is 10.7. The largest absolute Gasteiger partial charge is 0.383 e. The molecule has 1 unspecified atom stereocenters. The van der Waals surface area contributed by atoms with Crippen LogP contribution in [0, 0.1) is 17.0 Å². The van der Waals surface area contributed by atoms with E-state index >= 15 is 0 Å². The molecule has 0 saturated heterocycles. The van der Waals surface area contributed by atoms with Gasteiger partial charge in [-0.3, -0.25) is 10.1 Å². The van der Waals surface area contributed by atoms with E-state index in [1.165, 1.54) is 20.1 Å². The standard InChI is InChI=1S/C11H15ClN2O5S/c1-7-4-9(12)10(14(15)16)5-11(7)20(17,18)13-8(2)6-19-3/h4-5,8,13H,6H2,1-3H3. The molecule has 0 spiro atoms. The maximum atomic E-state index is 12.2. The minimum atomic E-state index is -3.88. The molecular weight excluding hydrogens is 308 g/mol. The van der Waals surface area contributed by atoms with Crippen LogP contribution >= 0.6 is 11.6 Å². The van der Waals surface area contributed by atoms with Gasteiger partial charge in [-0.2, -0.15) is 0 Å². The summed E-state index contributed by atoms with van der Waals surface area (Å²) in [7, 11) is -2.43. The van der Waals surface area contributed by atoms with Crippen molar-refractivity contribution in [3.05, 3.63) is 32.8 Å². The zero-order valence-corrected chi connectivity index (χ0v) is 12.8. The van der Waals surface area contributed by atoms with Crippen molar-refractivity contribution < 1.29 is 18.1 Å². The molecule has 7 nitrogen and oxygen atoms in total. The number of hydrogen-bond donors (Lipinski definition) is 1. The van der Waals surface area contributed by atoms with Crippen LogP contribution in [-0.2, 0) is 14.8 Å². The van der Waals surface area contributed by atoms with Crippen molar-refractivity contribution in [2.24, 2.45) is 0 Å². The van der Waals surface area contributed by atoms with Gasteiger partial charge in [0.1, 0.15) is 5.02 Å². The van der Waals surface area contributed by atoms with Gasteiger partial charge in [0.2, 0.25) is 10.0 Å². The molecule has 1 aromatic carbocycles. The van der Waals surface area contributed by atoms with Crippen LogP contribution in [0.15, 0.2) is 17.0 Å². The summed E-state index contributed by atoms with van der Waals surface area (Å²) >= 11 is 5.73. The summed E-state index contributed by atoms with van der Waals surface area (Å²) in [5.74, 6) is 0. The van der Waals surface area contributed by atoms with Crippen molar-refractivity contribution in [1.29, 1.82) is 0 Å². The number of rotatable bonds is 6. The van der Waals surface area contributed by atoms with Gasteiger partial charge in [0.15, 0.2) is 0 Å².